The lowest BCUT2D eigenvalue weighted by atomic mass is 10.0. The van der Waals surface area contributed by atoms with Crippen LogP contribution < -0.4 is 9.62 Å². The van der Waals surface area contributed by atoms with E-state index in [1.54, 1.807) is 13.0 Å². The van der Waals surface area contributed by atoms with Crippen LogP contribution in [0.5, 0.6) is 0 Å². The number of sulfonamides is 1. The normalized spacial score (nSPS) is 18.8. The van der Waals surface area contributed by atoms with Crippen molar-refractivity contribution >= 4 is 15.7 Å². The number of aliphatic hydroxyl groups excluding tert-OH is 1. The van der Waals surface area contributed by atoms with E-state index >= 15 is 0 Å². The number of rotatable bonds is 4. The Bertz CT molecular complexity index is 598. The SMILES string of the molecule is CC(NS(C)(=O)=O)c1cc(F)ccc1N1CCC(O)CC1. The maximum Gasteiger partial charge on any atom is 0.209 e. The Kier molecular flexibility index (Phi) is 4.85. The van der Waals surface area contributed by atoms with Crippen molar-refractivity contribution in [3.63, 3.8) is 0 Å². The smallest absolute Gasteiger partial charge is 0.209 e. The zero-order valence-corrected chi connectivity index (χ0v) is 13.0. The summed E-state index contributed by atoms with van der Waals surface area (Å²) >= 11 is 0. The van der Waals surface area contributed by atoms with E-state index in [4.69, 9.17) is 0 Å². The molecule has 2 N–H and O–H groups in total. The molecule has 118 valence electrons. The van der Waals surface area contributed by atoms with Crippen LogP contribution in [-0.4, -0.2) is 39.0 Å². The summed E-state index contributed by atoms with van der Waals surface area (Å²) in [5.41, 5.74) is 1.42. The average molecular weight is 316 g/mol. The number of anilines is 1. The van der Waals surface area contributed by atoms with Crippen LogP contribution >= 0.6 is 0 Å². The minimum atomic E-state index is -3.37. The van der Waals surface area contributed by atoms with Crippen molar-refractivity contribution in [2.24, 2.45) is 0 Å². The van der Waals surface area contributed by atoms with E-state index < -0.39 is 21.9 Å². The third-order valence-corrected chi connectivity index (χ3v) is 4.43. The molecule has 1 unspecified atom stereocenters. The molecule has 1 saturated heterocycles. The Labute approximate surface area is 124 Å². The van der Waals surface area contributed by atoms with Gasteiger partial charge in [0.2, 0.25) is 10.0 Å². The molecular weight excluding hydrogens is 295 g/mol. The van der Waals surface area contributed by atoms with E-state index in [1.807, 2.05) is 0 Å². The molecule has 1 aromatic rings. The number of nitrogens with zero attached hydrogens (tertiary/aromatic N) is 1. The Hall–Kier alpha value is -1.18. The molecule has 5 nitrogen and oxygen atoms in total. The van der Waals surface area contributed by atoms with Crippen LogP contribution in [0.2, 0.25) is 0 Å². The van der Waals surface area contributed by atoms with Crippen LogP contribution in [0.1, 0.15) is 31.4 Å². The molecule has 0 aliphatic carbocycles. The fraction of sp³-hybridized carbons (Fsp3) is 0.571. The first-order chi connectivity index (χ1) is 9.76. The van der Waals surface area contributed by atoms with E-state index in [0.717, 1.165) is 11.9 Å². The van der Waals surface area contributed by atoms with Crippen molar-refractivity contribution in [2.45, 2.75) is 31.9 Å². The van der Waals surface area contributed by atoms with Crippen LogP contribution in [0.15, 0.2) is 18.2 Å². The Morgan fingerprint density at radius 3 is 2.57 bits per heavy atom. The molecule has 21 heavy (non-hydrogen) atoms. The quantitative estimate of drug-likeness (QED) is 0.881. The van der Waals surface area contributed by atoms with E-state index in [9.17, 15) is 17.9 Å². The molecule has 1 atom stereocenters. The van der Waals surface area contributed by atoms with Gasteiger partial charge in [0.05, 0.1) is 12.4 Å². The van der Waals surface area contributed by atoms with Gasteiger partial charge in [-0.3, -0.25) is 0 Å². The predicted octanol–water partition coefficient (Wildman–Crippen LogP) is 1.40. The van der Waals surface area contributed by atoms with Crippen LogP contribution in [0.25, 0.3) is 0 Å². The molecule has 7 heteroatoms. The molecule has 0 aromatic heterocycles. The van der Waals surface area contributed by atoms with Crippen molar-refractivity contribution in [1.29, 1.82) is 0 Å². The molecule has 1 aliphatic rings. The maximum absolute atomic E-state index is 13.5. The Morgan fingerprint density at radius 2 is 2.00 bits per heavy atom. The van der Waals surface area contributed by atoms with Gasteiger partial charge in [-0.1, -0.05) is 0 Å². The van der Waals surface area contributed by atoms with Gasteiger partial charge in [-0.05, 0) is 43.5 Å². The molecule has 1 fully saturated rings. The minimum absolute atomic E-state index is 0.295. The molecule has 0 saturated carbocycles. The lowest BCUT2D eigenvalue weighted by Gasteiger charge is -2.34. The Balaban J connectivity index is 2.29. The number of piperidine rings is 1. The predicted molar refractivity (Wildman–Crippen MR) is 80.2 cm³/mol. The number of nitrogens with one attached hydrogen (secondary N) is 1. The van der Waals surface area contributed by atoms with Gasteiger partial charge in [-0.25, -0.2) is 17.5 Å². The summed E-state index contributed by atoms with van der Waals surface area (Å²) in [6.07, 6.45) is 2.10. The Morgan fingerprint density at radius 1 is 1.38 bits per heavy atom. The van der Waals surface area contributed by atoms with Crippen molar-refractivity contribution in [3.8, 4) is 0 Å². The van der Waals surface area contributed by atoms with Gasteiger partial charge in [0.1, 0.15) is 5.82 Å². The van der Waals surface area contributed by atoms with E-state index in [2.05, 4.69) is 9.62 Å². The largest absolute Gasteiger partial charge is 0.393 e. The summed E-state index contributed by atoms with van der Waals surface area (Å²) in [6.45, 7) is 3.04. The molecule has 0 amide bonds. The summed E-state index contributed by atoms with van der Waals surface area (Å²) in [5.74, 6) is -0.395. The highest BCUT2D eigenvalue weighted by Crippen LogP contribution is 2.29. The minimum Gasteiger partial charge on any atom is -0.393 e. The van der Waals surface area contributed by atoms with E-state index in [-0.39, 0.29) is 6.10 Å². The molecule has 1 aliphatic heterocycles. The van der Waals surface area contributed by atoms with Gasteiger partial charge in [0.15, 0.2) is 0 Å². The second-order valence-corrected chi connectivity index (χ2v) is 7.31. The lowest BCUT2D eigenvalue weighted by molar-refractivity contribution is 0.145. The topological polar surface area (TPSA) is 69.6 Å². The highest BCUT2D eigenvalue weighted by Gasteiger charge is 2.22. The van der Waals surface area contributed by atoms with Crippen LogP contribution in [0.4, 0.5) is 10.1 Å². The summed E-state index contributed by atoms with van der Waals surface area (Å²) in [7, 11) is -3.37. The molecule has 0 spiro atoms. The standard InChI is InChI=1S/C14H21FN2O3S/c1-10(16-21(2,19)20)13-9-11(15)3-4-14(13)17-7-5-12(18)6-8-17/h3-4,9-10,12,16,18H,5-8H2,1-2H3. The van der Waals surface area contributed by atoms with Crippen LogP contribution in [0.3, 0.4) is 0 Å². The summed E-state index contributed by atoms with van der Waals surface area (Å²) < 4.78 is 38.8. The molecule has 1 aromatic carbocycles. The lowest BCUT2D eigenvalue weighted by Crippen LogP contribution is -2.37. The van der Waals surface area contributed by atoms with E-state index in [1.165, 1.54) is 12.1 Å². The molecule has 1 heterocycles. The summed E-state index contributed by atoms with van der Waals surface area (Å²) in [6, 6.07) is 3.89. The number of benzene rings is 1. The molecule has 2 rings (SSSR count). The summed E-state index contributed by atoms with van der Waals surface area (Å²) in [5, 5.41) is 9.57. The molecule has 0 bridgehead atoms. The average Bonchev–Trinajstić information content (AvgIpc) is 2.38. The zero-order chi connectivity index (χ0) is 15.6. The van der Waals surface area contributed by atoms with Crippen LogP contribution in [0, 0.1) is 5.82 Å². The van der Waals surface area contributed by atoms with Gasteiger partial charge in [-0.15, -0.1) is 0 Å². The first-order valence-corrected chi connectivity index (χ1v) is 8.85. The monoisotopic (exact) mass is 316 g/mol. The van der Waals surface area contributed by atoms with Gasteiger partial charge >= 0.3 is 0 Å². The highest BCUT2D eigenvalue weighted by molar-refractivity contribution is 7.88. The zero-order valence-electron chi connectivity index (χ0n) is 12.2. The van der Waals surface area contributed by atoms with Crippen molar-refractivity contribution < 1.29 is 17.9 Å². The van der Waals surface area contributed by atoms with Crippen molar-refractivity contribution in [2.75, 3.05) is 24.2 Å². The van der Waals surface area contributed by atoms with Gasteiger partial charge < -0.3 is 10.0 Å². The maximum atomic E-state index is 13.5. The highest BCUT2D eigenvalue weighted by atomic mass is 32.2. The number of hydrogen-bond acceptors (Lipinski definition) is 4. The third-order valence-electron chi connectivity index (χ3n) is 3.65. The second-order valence-electron chi connectivity index (χ2n) is 5.53. The van der Waals surface area contributed by atoms with E-state index in [0.29, 0.717) is 31.5 Å². The van der Waals surface area contributed by atoms with Gasteiger partial charge in [0.25, 0.3) is 0 Å². The first-order valence-electron chi connectivity index (χ1n) is 6.96. The van der Waals surface area contributed by atoms with Crippen LogP contribution in [-0.2, 0) is 10.0 Å². The number of hydrogen-bond donors (Lipinski definition) is 2. The number of halogens is 1. The first kappa shape index (κ1) is 16.2. The van der Waals surface area contributed by atoms with Gasteiger partial charge in [0, 0.05) is 24.8 Å². The van der Waals surface area contributed by atoms with Crippen molar-refractivity contribution in [3.05, 3.63) is 29.6 Å². The fourth-order valence-corrected chi connectivity index (χ4v) is 3.42. The summed E-state index contributed by atoms with van der Waals surface area (Å²) in [4.78, 5) is 2.06. The molecular formula is C14H21FN2O3S. The van der Waals surface area contributed by atoms with Gasteiger partial charge in [-0.2, -0.15) is 0 Å². The fourth-order valence-electron chi connectivity index (χ4n) is 2.65. The number of aliphatic hydroxyl groups is 1. The second kappa shape index (κ2) is 6.29. The third kappa shape index (κ3) is 4.39. The van der Waals surface area contributed by atoms with Crippen molar-refractivity contribution in [1.82, 2.24) is 4.72 Å². The molecule has 0 radical (unpaired) electrons.